The van der Waals surface area contributed by atoms with Gasteiger partial charge >= 0.3 is 5.69 Å². The molecule has 9 nitrogen and oxygen atoms in total. The van der Waals surface area contributed by atoms with Gasteiger partial charge in [0.15, 0.2) is 12.4 Å². The predicted octanol–water partition coefficient (Wildman–Crippen LogP) is 2.80. The largest absolute Gasteiger partial charge is 0.500 e. The van der Waals surface area contributed by atoms with Crippen molar-refractivity contribution in [2.75, 3.05) is 13.7 Å². The van der Waals surface area contributed by atoms with Gasteiger partial charge in [-0.1, -0.05) is 11.6 Å². The summed E-state index contributed by atoms with van der Waals surface area (Å²) in [5, 5.41) is 24.9. The normalized spacial score (nSPS) is 10.6. The van der Waals surface area contributed by atoms with Gasteiger partial charge in [-0.25, -0.2) is 5.43 Å². The lowest BCUT2D eigenvalue weighted by Crippen LogP contribution is -2.24. The molecular weight excluding hydrogens is 378 g/mol. The zero-order chi connectivity index (χ0) is 20.0. The molecule has 0 heterocycles. The molecule has 0 aliphatic heterocycles. The van der Waals surface area contributed by atoms with Crippen LogP contribution in [0.5, 0.6) is 17.2 Å². The van der Waals surface area contributed by atoms with Crippen molar-refractivity contribution in [1.82, 2.24) is 5.43 Å². The average Bonchev–Trinajstić information content (AvgIpc) is 2.61. The van der Waals surface area contributed by atoms with Crippen molar-refractivity contribution in [2.24, 2.45) is 5.10 Å². The second kappa shape index (κ2) is 8.86. The van der Waals surface area contributed by atoms with Crippen LogP contribution in [0.4, 0.5) is 5.69 Å². The maximum atomic E-state index is 11.8. The molecule has 0 bridgehead atoms. The Morgan fingerprint density at radius 2 is 2.11 bits per heavy atom. The van der Waals surface area contributed by atoms with Crippen LogP contribution in [0.25, 0.3) is 0 Å². The number of phenolic OH excluding ortho intramolecular Hbond substituents is 1. The highest BCUT2D eigenvalue weighted by molar-refractivity contribution is 6.30. The Morgan fingerprint density at radius 1 is 1.37 bits per heavy atom. The highest BCUT2D eigenvalue weighted by Crippen LogP contribution is 2.36. The number of ether oxygens (including phenoxy) is 2. The number of aryl methyl sites for hydroxylation is 1. The quantitative estimate of drug-likeness (QED) is 0.423. The smallest absolute Gasteiger partial charge is 0.315 e. The highest BCUT2D eigenvalue weighted by Gasteiger charge is 2.19. The summed E-state index contributed by atoms with van der Waals surface area (Å²) < 4.78 is 10.3. The third-order valence-corrected chi connectivity index (χ3v) is 3.63. The minimum atomic E-state index is -0.754. The van der Waals surface area contributed by atoms with Crippen molar-refractivity contribution in [3.8, 4) is 17.2 Å². The number of nitro benzene ring substituents is 1. The number of hydrazone groups is 1. The summed E-state index contributed by atoms with van der Waals surface area (Å²) in [5.41, 5.74) is 2.74. The topological polar surface area (TPSA) is 123 Å². The average molecular weight is 394 g/mol. The second-order valence-electron chi connectivity index (χ2n) is 5.34. The first-order valence-corrected chi connectivity index (χ1v) is 7.96. The number of hydrogen-bond acceptors (Lipinski definition) is 7. The van der Waals surface area contributed by atoms with E-state index in [0.717, 1.165) is 11.6 Å². The molecule has 27 heavy (non-hydrogen) atoms. The molecule has 142 valence electrons. The van der Waals surface area contributed by atoms with Crippen LogP contribution < -0.4 is 14.9 Å². The molecule has 2 rings (SSSR count). The molecule has 0 saturated carbocycles. The van der Waals surface area contributed by atoms with E-state index in [1.165, 1.54) is 19.4 Å². The number of halogens is 1. The molecular formula is C17H16ClN3O6. The minimum Gasteiger partial charge on any atom is -0.500 e. The number of hydrogen-bond donors (Lipinski definition) is 2. The van der Waals surface area contributed by atoms with Crippen LogP contribution in [0.2, 0.25) is 5.02 Å². The third-order valence-electron chi connectivity index (χ3n) is 3.39. The number of benzene rings is 2. The molecule has 0 spiro atoms. The summed E-state index contributed by atoms with van der Waals surface area (Å²) in [4.78, 5) is 22.0. The van der Waals surface area contributed by atoms with Gasteiger partial charge in [0.05, 0.1) is 18.2 Å². The van der Waals surface area contributed by atoms with Crippen molar-refractivity contribution >= 4 is 29.4 Å². The zero-order valence-corrected chi connectivity index (χ0v) is 15.2. The summed E-state index contributed by atoms with van der Waals surface area (Å²) in [6, 6.07) is 7.44. The van der Waals surface area contributed by atoms with E-state index in [0.29, 0.717) is 10.8 Å². The van der Waals surface area contributed by atoms with Crippen LogP contribution in [0, 0.1) is 17.0 Å². The molecule has 2 N–H and O–H groups in total. The lowest BCUT2D eigenvalue weighted by atomic mass is 10.2. The molecule has 0 unspecified atom stereocenters. The number of carbonyl (C=O) groups is 1. The van der Waals surface area contributed by atoms with E-state index in [1.807, 2.05) is 0 Å². The first-order chi connectivity index (χ1) is 12.8. The number of carbonyl (C=O) groups excluding carboxylic acids is 1. The van der Waals surface area contributed by atoms with Gasteiger partial charge in [-0.2, -0.15) is 5.10 Å². The molecule has 0 atom stereocenters. The van der Waals surface area contributed by atoms with Crippen LogP contribution in [-0.4, -0.2) is 35.9 Å². The van der Waals surface area contributed by atoms with Gasteiger partial charge in [0, 0.05) is 16.7 Å². The van der Waals surface area contributed by atoms with E-state index in [4.69, 9.17) is 21.1 Å². The van der Waals surface area contributed by atoms with E-state index in [9.17, 15) is 20.0 Å². The molecule has 0 radical (unpaired) electrons. The number of amides is 1. The maximum absolute atomic E-state index is 11.8. The molecule has 0 fully saturated rings. The zero-order valence-electron chi connectivity index (χ0n) is 14.4. The van der Waals surface area contributed by atoms with E-state index in [1.54, 1.807) is 25.1 Å². The fourth-order valence-electron chi connectivity index (χ4n) is 2.11. The molecule has 0 saturated heterocycles. The standard InChI is InChI=1S/C17H16ClN3O6/c1-10-5-12(18)3-4-14(10)27-9-16(22)20-19-8-11-6-13(21(24)25)17(23)15(7-11)26-2/h3-8,23H,9H2,1-2H3,(H,20,22)/b19-8-. The van der Waals surface area contributed by atoms with Gasteiger partial charge in [0.1, 0.15) is 5.75 Å². The number of rotatable bonds is 7. The van der Waals surface area contributed by atoms with Crippen LogP contribution in [0.1, 0.15) is 11.1 Å². The van der Waals surface area contributed by atoms with Gasteiger partial charge in [-0.05, 0) is 36.8 Å². The van der Waals surface area contributed by atoms with Gasteiger partial charge < -0.3 is 14.6 Å². The Labute approximate surface area is 159 Å². The molecule has 2 aromatic carbocycles. The second-order valence-corrected chi connectivity index (χ2v) is 5.78. The number of nitrogens with zero attached hydrogens (tertiary/aromatic N) is 2. The summed E-state index contributed by atoms with van der Waals surface area (Å²) in [5.74, 6) is -0.688. The third kappa shape index (κ3) is 5.32. The van der Waals surface area contributed by atoms with Crippen molar-refractivity contribution in [2.45, 2.75) is 6.92 Å². The van der Waals surface area contributed by atoms with Crippen LogP contribution in [0.15, 0.2) is 35.4 Å². The summed E-state index contributed by atoms with van der Waals surface area (Å²) in [7, 11) is 1.26. The summed E-state index contributed by atoms with van der Waals surface area (Å²) in [6.07, 6.45) is 1.18. The molecule has 1 amide bonds. The molecule has 0 aliphatic carbocycles. The van der Waals surface area contributed by atoms with Crippen molar-refractivity contribution in [1.29, 1.82) is 0 Å². The van der Waals surface area contributed by atoms with Crippen LogP contribution in [-0.2, 0) is 4.79 Å². The van der Waals surface area contributed by atoms with Crippen molar-refractivity contribution in [3.63, 3.8) is 0 Å². The Balaban J connectivity index is 1.99. The first kappa shape index (κ1) is 20.0. The SMILES string of the molecule is COc1cc(/C=N\NC(=O)COc2ccc(Cl)cc2C)cc([N+](=O)[O-])c1O. The van der Waals surface area contributed by atoms with Gasteiger partial charge in [0.25, 0.3) is 5.91 Å². The molecule has 0 aromatic heterocycles. The molecule has 0 aliphatic rings. The van der Waals surface area contributed by atoms with Gasteiger partial charge in [0.2, 0.25) is 5.75 Å². The van der Waals surface area contributed by atoms with Crippen LogP contribution in [0.3, 0.4) is 0 Å². The highest BCUT2D eigenvalue weighted by atomic mass is 35.5. The Bertz CT molecular complexity index is 900. The Kier molecular flexibility index (Phi) is 6.56. The monoisotopic (exact) mass is 393 g/mol. The molecule has 10 heteroatoms. The van der Waals surface area contributed by atoms with E-state index in [-0.39, 0.29) is 17.9 Å². The number of phenols is 1. The summed E-state index contributed by atoms with van der Waals surface area (Å²) >= 11 is 5.85. The van der Waals surface area contributed by atoms with Crippen molar-refractivity contribution < 1.29 is 24.3 Å². The Morgan fingerprint density at radius 3 is 2.74 bits per heavy atom. The van der Waals surface area contributed by atoms with E-state index in [2.05, 4.69) is 10.5 Å². The van der Waals surface area contributed by atoms with Gasteiger partial charge in [-0.3, -0.25) is 14.9 Å². The van der Waals surface area contributed by atoms with Crippen LogP contribution >= 0.6 is 11.6 Å². The van der Waals surface area contributed by atoms with E-state index >= 15 is 0 Å². The molecule has 2 aromatic rings. The number of aromatic hydroxyl groups is 1. The van der Waals surface area contributed by atoms with E-state index < -0.39 is 22.3 Å². The lowest BCUT2D eigenvalue weighted by Gasteiger charge is -2.08. The fourth-order valence-corrected chi connectivity index (χ4v) is 2.34. The Hall–Kier alpha value is -3.33. The first-order valence-electron chi connectivity index (χ1n) is 7.58. The maximum Gasteiger partial charge on any atom is 0.315 e. The predicted molar refractivity (Wildman–Crippen MR) is 98.7 cm³/mol. The summed E-state index contributed by atoms with van der Waals surface area (Å²) in [6.45, 7) is 1.52. The van der Waals surface area contributed by atoms with Crippen molar-refractivity contribution in [3.05, 3.63) is 56.6 Å². The lowest BCUT2D eigenvalue weighted by molar-refractivity contribution is -0.386. The minimum absolute atomic E-state index is 0.0847. The van der Waals surface area contributed by atoms with Gasteiger partial charge in [-0.15, -0.1) is 0 Å². The fraction of sp³-hybridized carbons (Fsp3) is 0.176. The number of nitrogens with one attached hydrogen (secondary N) is 1. The number of methoxy groups -OCH3 is 1. The number of nitro groups is 1.